The van der Waals surface area contributed by atoms with Gasteiger partial charge < -0.3 is 9.88 Å². The van der Waals surface area contributed by atoms with Gasteiger partial charge in [0.15, 0.2) is 0 Å². The molecule has 2 heterocycles. The Labute approximate surface area is 183 Å². The highest BCUT2D eigenvalue weighted by molar-refractivity contribution is 6.56. The smallest absolute Gasteiger partial charge is 0.262 e. The van der Waals surface area contributed by atoms with Crippen molar-refractivity contribution < 1.29 is 18.0 Å². The summed E-state index contributed by atoms with van der Waals surface area (Å²) < 4.78 is 43.9. The number of aromatic nitrogens is 3. The van der Waals surface area contributed by atoms with Crippen LogP contribution in [0.4, 0.5) is 18.9 Å². The molecule has 0 saturated carbocycles. The third-order valence-electron chi connectivity index (χ3n) is 5.15. The first kappa shape index (κ1) is 21.8. The predicted molar refractivity (Wildman–Crippen MR) is 125 cm³/mol. The van der Waals surface area contributed by atoms with Crippen molar-refractivity contribution in [3.8, 4) is 0 Å². The molecular weight excluding hydrogens is 418 g/mol. The minimum Gasteiger partial charge on any atom is -0.324 e. The lowest BCUT2D eigenvalue weighted by Gasteiger charge is -2.18. The monoisotopic (exact) mass is 436 g/mol. The number of amides is 1. The Morgan fingerprint density at radius 3 is 2.41 bits per heavy atom. The largest absolute Gasteiger partial charge is 0.324 e. The van der Waals surface area contributed by atoms with E-state index >= 15 is 0 Å². The van der Waals surface area contributed by atoms with Crippen LogP contribution in [0.2, 0.25) is 0 Å². The number of hydrogen-bond donors (Lipinski definition) is 1. The second kappa shape index (κ2) is 7.92. The first-order valence-electron chi connectivity index (χ1n) is 10.0. The van der Waals surface area contributed by atoms with Gasteiger partial charge in [-0.1, -0.05) is 0 Å². The third-order valence-corrected chi connectivity index (χ3v) is 5.15. The summed E-state index contributed by atoms with van der Waals surface area (Å²) >= 11 is 0. The molecule has 0 atom stereocenters. The number of anilines is 1. The van der Waals surface area contributed by atoms with Crippen molar-refractivity contribution >= 4 is 56.9 Å². The van der Waals surface area contributed by atoms with E-state index in [1.165, 1.54) is 16.7 Å². The molecule has 0 radical (unpaired) electrons. The summed E-state index contributed by atoms with van der Waals surface area (Å²) in [7, 11) is 5.83. The van der Waals surface area contributed by atoms with Gasteiger partial charge in [0.25, 0.3) is 5.56 Å². The standard InChI is InChI=1S/C20H18B3F3N4O2/c21-20(22,23)30-9-13-18(28-30)12-3-1-11(25)8-16(12)29(19(13)32)6-5-17(31)27-15-4-2-10(24)7-14(15)26/h1-4,7-9H,5-6,21-23H2,(H,27,31). The highest BCUT2D eigenvalue weighted by Gasteiger charge is 2.20. The van der Waals surface area contributed by atoms with Gasteiger partial charge in [0.05, 0.1) is 16.6 Å². The van der Waals surface area contributed by atoms with Gasteiger partial charge in [0.2, 0.25) is 5.91 Å². The number of carbonyl (C=O) groups is 1. The molecule has 2 aromatic heterocycles. The average molecular weight is 436 g/mol. The Hall–Kier alpha value is -3.43. The number of fused-ring (bicyclic) bond motifs is 3. The predicted octanol–water partition coefficient (Wildman–Crippen LogP) is 0.264. The number of halogens is 3. The Morgan fingerprint density at radius 2 is 1.72 bits per heavy atom. The lowest BCUT2D eigenvalue weighted by molar-refractivity contribution is -0.116. The average Bonchev–Trinajstić information content (AvgIpc) is 3.16. The van der Waals surface area contributed by atoms with Crippen molar-refractivity contribution in [3.63, 3.8) is 0 Å². The molecule has 4 rings (SSSR count). The van der Waals surface area contributed by atoms with Crippen LogP contribution in [0.25, 0.3) is 21.8 Å². The molecule has 160 valence electrons. The number of nitrogens with one attached hydrogen (secondary N) is 1. The van der Waals surface area contributed by atoms with E-state index in [0.717, 1.165) is 12.1 Å². The van der Waals surface area contributed by atoms with E-state index in [4.69, 9.17) is 0 Å². The van der Waals surface area contributed by atoms with Crippen LogP contribution in [0.3, 0.4) is 0 Å². The van der Waals surface area contributed by atoms with Gasteiger partial charge in [-0.05, 0) is 35.6 Å². The fourth-order valence-electron chi connectivity index (χ4n) is 3.50. The maximum atomic E-state index is 14.0. The van der Waals surface area contributed by atoms with Crippen molar-refractivity contribution in [2.45, 2.75) is 18.2 Å². The number of aryl methyl sites for hydroxylation is 1. The topological polar surface area (TPSA) is 68.9 Å². The summed E-state index contributed by atoms with van der Waals surface area (Å²) in [4.78, 5) is 25.6. The molecule has 0 bridgehead atoms. The van der Waals surface area contributed by atoms with Crippen molar-refractivity contribution in [2.24, 2.45) is 0 Å². The van der Waals surface area contributed by atoms with Gasteiger partial charge >= 0.3 is 0 Å². The van der Waals surface area contributed by atoms with Gasteiger partial charge in [0, 0.05) is 30.6 Å². The number of hydrogen-bond acceptors (Lipinski definition) is 3. The van der Waals surface area contributed by atoms with Gasteiger partial charge in [-0.2, -0.15) is 5.10 Å². The van der Waals surface area contributed by atoms with Gasteiger partial charge in [-0.3, -0.25) is 14.3 Å². The summed E-state index contributed by atoms with van der Waals surface area (Å²) in [6, 6.07) is 6.88. The lowest BCUT2D eigenvalue weighted by atomic mass is 9.49. The summed E-state index contributed by atoms with van der Waals surface area (Å²) in [6.07, 6.45) is 1.46. The maximum absolute atomic E-state index is 14.0. The van der Waals surface area contributed by atoms with Gasteiger partial charge in [-0.25, -0.2) is 13.2 Å². The molecule has 1 N–H and O–H groups in total. The summed E-state index contributed by atoms with van der Waals surface area (Å²) in [5.41, 5.74) is 0.187. The van der Waals surface area contributed by atoms with Crippen molar-refractivity contribution in [2.75, 3.05) is 5.32 Å². The quantitative estimate of drug-likeness (QED) is 0.457. The van der Waals surface area contributed by atoms with E-state index in [1.807, 2.05) is 23.5 Å². The van der Waals surface area contributed by atoms with Gasteiger partial charge in [0.1, 0.15) is 46.5 Å². The summed E-state index contributed by atoms with van der Waals surface area (Å²) in [5.74, 6) is -2.76. The first-order chi connectivity index (χ1) is 15.0. The Morgan fingerprint density at radius 1 is 1.03 bits per heavy atom. The fraction of sp³-hybridized carbons (Fsp3) is 0.150. The molecule has 0 aliphatic carbocycles. The van der Waals surface area contributed by atoms with Crippen LogP contribution >= 0.6 is 0 Å². The van der Waals surface area contributed by atoms with E-state index in [9.17, 15) is 22.8 Å². The van der Waals surface area contributed by atoms with Crippen molar-refractivity contribution in [1.82, 2.24) is 14.3 Å². The zero-order chi connectivity index (χ0) is 23.2. The summed E-state index contributed by atoms with van der Waals surface area (Å²) in [6.45, 7) is -0.0654. The molecule has 6 nitrogen and oxygen atoms in total. The van der Waals surface area contributed by atoms with Gasteiger partial charge in [-0.15, -0.1) is 0 Å². The molecule has 0 spiro atoms. The van der Waals surface area contributed by atoms with Crippen molar-refractivity contribution in [1.29, 1.82) is 0 Å². The lowest BCUT2D eigenvalue weighted by Crippen LogP contribution is -2.35. The third kappa shape index (κ3) is 4.04. The van der Waals surface area contributed by atoms with Crippen LogP contribution in [0, 0.1) is 17.5 Å². The van der Waals surface area contributed by atoms with Crippen LogP contribution in [0.5, 0.6) is 0 Å². The van der Waals surface area contributed by atoms with Crippen molar-refractivity contribution in [3.05, 3.63) is 70.4 Å². The van der Waals surface area contributed by atoms with E-state index in [1.54, 1.807) is 16.9 Å². The second-order valence-electron chi connectivity index (χ2n) is 8.55. The highest BCUT2D eigenvalue weighted by atomic mass is 19.1. The molecule has 12 heteroatoms. The molecule has 0 fully saturated rings. The number of pyridine rings is 1. The number of benzene rings is 2. The highest BCUT2D eigenvalue weighted by Crippen LogP contribution is 2.24. The molecule has 0 aliphatic rings. The van der Waals surface area contributed by atoms with E-state index in [2.05, 4.69) is 10.4 Å². The number of carbonyl (C=O) groups excluding carboxylic acids is 1. The van der Waals surface area contributed by atoms with E-state index < -0.39 is 28.9 Å². The Bertz CT molecular complexity index is 1430. The molecule has 32 heavy (non-hydrogen) atoms. The van der Waals surface area contributed by atoms with Crippen LogP contribution < -0.4 is 10.9 Å². The minimum absolute atomic E-state index is 0.0654. The minimum atomic E-state index is -0.904. The molecule has 2 aromatic carbocycles. The normalized spacial score (nSPS) is 11.8. The Balaban J connectivity index is 1.72. The zero-order valence-corrected chi connectivity index (χ0v) is 17.7. The SMILES string of the molecule is BC(B)(B)n1cc2c(=O)n(CCC(=O)Nc3ccc(F)cc3F)c3cc(F)ccc3c2n1. The fourth-order valence-corrected chi connectivity index (χ4v) is 3.50. The molecule has 0 saturated heterocycles. The molecular formula is C20H18B3F3N4O2. The van der Waals surface area contributed by atoms with Crippen LogP contribution in [0.1, 0.15) is 6.42 Å². The molecule has 0 aliphatic heterocycles. The van der Waals surface area contributed by atoms with Crippen LogP contribution in [-0.2, 0) is 16.6 Å². The van der Waals surface area contributed by atoms with Crippen LogP contribution in [-0.4, -0.2) is 43.8 Å². The number of rotatable bonds is 5. The Kier molecular flexibility index (Phi) is 5.40. The first-order valence-corrected chi connectivity index (χ1v) is 10.0. The molecule has 4 aromatic rings. The summed E-state index contributed by atoms with van der Waals surface area (Å²) in [5, 5.41) is 7.46. The maximum Gasteiger partial charge on any atom is 0.262 e. The zero-order valence-electron chi connectivity index (χ0n) is 17.7. The van der Waals surface area contributed by atoms with E-state index in [-0.39, 0.29) is 23.9 Å². The molecule has 0 unspecified atom stereocenters. The number of nitrogens with zero attached hydrogens (tertiary/aromatic N) is 3. The van der Waals surface area contributed by atoms with E-state index in [0.29, 0.717) is 27.9 Å². The van der Waals surface area contributed by atoms with Crippen LogP contribution in [0.15, 0.2) is 47.4 Å². The second-order valence-corrected chi connectivity index (χ2v) is 8.55. The molecule has 1 amide bonds.